The molecule has 240 valence electrons. The Morgan fingerprint density at radius 3 is 2.26 bits per heavy atom. The standard InChI is InChI=1S/C19H31N3O18P2/c1-8(24)20-16-14(28)12(26)9(5-23)39-19(16,35-2)7-37-42(33,34)40-41(31,32)36-6-10-13(27)15(29)17(38-10)22-4-3-11(25)21-18(22)30/h3-4,9-10,12-17,23,26-29H,5-7H2,1-2H3,(H,20,24)(H,31,32)(H,33,34)(H,21,25,30)/t9-,10-,12-,13-,14+,15-,16-,17-,19+/m1/s1. The quantitative estimate of drug-likeness (QED) is 0.0960. The number of carbonyl (C=O) groups is 1. The number of methoxy groups -OCH3 is 1. The molecule has 0 saturated carbocycles. The van der Waals surface area contributed by atoms with E-state index in [0.29, 0.717) is 0 Å². The van der Waals surface area contributed by atoms with Gasteiger partial charge in [-0.2, -0.15) is 4.31 Å². The van der Waals surface area contributed by atoms with Crippen LogP contribution in [0.15, 0.2) is 21.9 Å². The van der Waals surface area contributed by atoms with Crippen molar-refractivity contribution in [1.82, 2.24) is 14.9 Å². The van der Waals surface area contributed by atoms with Crippen LogP contribution in [0.5, 0.6) is 0 Å². The first-order chi connectivity index (χ1) is 19.5. The van der Waals surface area contributed by atoms with E-state index < -0.39 is 107 Å². The number of phosphoric acid groups is 2. The summed E-state index contributed by atoms with van der Waals surface area (Å²) in [5, 5.41) is 52.7. The average molecular weight is 651 g/mol. The molecule has 1 aromatic heterocycles. The van der Waals surface area contributed by atoms with Crippen molar-refractivity contribution in [3.05, 3.63) is 33.1 Å². The largest absolute Gasteiger partial charge is 0.481 e. The number of hydrogen-bond donors (Lipinski definition) is 9. The first-order valence-electron chi connectivity index (χ1n) is 11.9. The number of H-pyrrole nitrogens is 1. The van der Waals surface area contributed by atoms with Crippen molar-refractivity contribution >= 4 is 21.6 Å². The fraction of sp³-hybridized carbons (Fsp3) is 0.737. The van der Waals surface area contributed by atoms with Crippen molar-refractivity contribution in [2.45, 2.75) is 61.6 Å². The summed E-state index contributed by atoms with van der Waals surface area (Å²) >= 11 is 0. The third kappa shape index (κ3) is 7.78. The van der Waals surface area contributed by atoms with E-state index in [4.69, 9.17) is 18.7 Å². The Morgan fingerprint density at radius 1 is 1.07 bits per heavy atom. The topological polar surface area (TPSA) is 315 Å². The van der Waals surface area contributed by atoms with Crippen LogP contribution in [0.3, 0.4) is 0 Å². The normalized spacial score (nSPS) is 36.2. The molecule has 21 nitrogen and oxygen atoms in total. The van der Waals surface area contributed by atoms with Gasteiger partial charge in [0, 0.05) is 26.3 Å². The van der Waals surface area contributed by atoms with E-state index in [1.165, 1.54) is 0 Å². The molecule has 2 aliphatic heterocycles. The van der Waals surface area contributed by atoms with E-state index in [-0.39, 0.29) is 0 Å². The molecular formula is C19H31N3O18P2. The third-order valence-corrected chi connectivity index (χ3v) is 8.86. The fourth-order valence-corrected chi connectivity index (χ4v) is 6.33. The summed E-state index contributed by atoms with van der Waals surface area (Å²) in [6.45, 7) is -2.05. The molecule has 3 rings (SSSR count). The monoisotopic (exact) mass is 651 g/mol. The zero-order valence-electron chi connectivity index (χ0n) is 21.9. The number of aromatic amines is 1. The third-order valence-electron chi connectivity index (χ3n) is 6.28. The van der Waals surface area contributed by atoms with Crippen LogP contribution in [0, 0.1) is 0 Å². The zero-order valence-corrected chi connectivity index (χ0v) is 23.6. The number of nitrogens with zero attached hydrogens (tertiary/aromatic N) is 1. The van der Waals surface area contributed by atoms with Crippen molar-refractivity contribution in [1.29, 1.82) is 0 Å². The molecule has 2 aliphatic rings. The van der Waals surface area contributed by atoms with Crippen LogP contribution in [-0.4, -0.2) is 126 Å². The van der Waals surface area contributed by atoms with Gasteiger partial charge < -0.3 is 54.8 Å². The lowest BCUT2D eigenvalue weighted by molar-refractivity contribution is -0.335. The first kappa shape index (κ1) is 34.6. The summed E-state index contributed by atoms with van der Waals surface area (Å²) < 4.78 is 55.0. The SMILES string of the molecule is CO[C@@]1(COP(=O)(O)OP(=O)(O)OC[C@H]2O[C@@H](n3ccc(=O)[nH]c3=O)[C@H](O)[C@@H]2O)O[C@H](CO)[C@@H](O)[C@H](O)[C@H]1NC(C)=O. The van der Waals surface area contributed by atoms with Crippen molar-refractivity contribution in [3.63, 3.8) is 0 Å². The summed E-state index contributed by atoms with van der Waals surface area (Å²) in [6.07, 6.45) is -10.9. The highest BCUT2D eigenvalue weighted by Crippen LogP contribution is 2.61. The van der Waals surface area contributed by atoms with Gasteiger partial charge in [0.25, 0.3) is 5.56 Å². The Morgan fingerprint density at radius 2 is 1.69 bits per heavy atom. The van der Waals surface area contributed by atoms with Crippen molar-refractivity contribution in [2.24, 2.45) is 0 Å². The second-order valence-electron chi connectivity index (χ2n) is 9.17. The van der Waals surface area contributed by atoms with Gasteiger partial charge in [-0.15, -0.1) is 0 Å². The van der Waals surface area contributed by atoms with E-state index in [0.717, 1.165) is 30.9 Å². The molecule has 0 aliphatic carbocycles. The predicted molar refractivity (Wildman–Crippen MR) is 131 cm³/mol. The van der Waals surface area contributed by atoms with Crippen LogP contribution in [-0.2, 0) is 41.5 Å². The first-order valence-corrected chi connectivity index (χ1v) is 14.9. The van der Waals surface area contributed by atoms with Crippen LogP contribution < -0.4 is 16.6 Å². The molecule has 2 unspecified atom stereocenters. The summed E-state index contributed by atoms with van der Waals surface area (Å²) in [5.41, 5.74) is -1.75. The van der Waals surface area contributed by atoms with E-state index in [1.54, 1.807) is 0 Å². The molecule has 9 N–H and O–H groups in total. The number of aromatic nitrogens is 2. The molecule has 0 bridgehead atoms. The van der Waals surface area contributed by atoms with Gasteiger partial charge in [0.05, 0.1) is 13.2 Å². The second-order valence-corrected chi connectivity index (χ2v) is 12.2. The van der Waals surface area contributed by atoms with Crippen molar-refractivity contribution in [3.8, 4) is 0 Å². The maximum Gasteiger partial charge on any atom is 0.481 e. The molecule has 0 aromatic carbocycles. The minimum atomic E-state index is -5.57. The lowest BCUT2D eigenvalue weighted by Gasteiger charge is -2.49. The minimum absolute atomic E-state index is 0.727. The summed E-state index contributed by atoms with van der Waals surface area (Å²) in [5.74, 6) is -3.10. The molecule has 2 saturated heterocycles. The smallest absolute Gasteiger partial charge is 0.394 e. The molecule has 1 aromatic rings. The molecule has 23 heteroatoms. The number of rotatable bonds is 12. The lowest BCUT2D eigenvalue weighted by atomic mass is 9.90. The van der Waals surface area contributed by atoms with Gasteiger partial charge in [-0.25, -0.2) is 13.9 Å². The number of aliphatic hydroxyl groups is 5. The van der Waals surface area contributed by atoms with Crippen LogP contribution >= 0.6 is 15.6 Å². The number of nitrogens with one attached hydrogen (secondary N) is 2. The number of ether oxygens (including phenoxy) is 3. The maximum atomic E-state index is 12.5. The van der Waals surface area contributed by atoms with Gasteiger partial charge in [-0.3, -0.25) is 28.2 Å². The van der Waals surface area contributed by atoms with Gasteiger partial charge in [-0.05, 0) is 0 Å². The molecule has 0 spiro atoms. The van der Waals surface area contributed by atoms with Gasteiger partial charge in [-0.1, -0.05) is 0 Å². The maximum absolute atomic E-state index is 12.5. The van der Waals surface area contributed by atoms with E-state index in [1.807, 2.05) is 4.98 Å². The Hall–Kier alpha value is -1.91. The van der Waals surface area contributed by atoms with Crippen molar-refractivity contribution < 1.29 is 76.8 Å². The highest BCUT2D eigenvalue weighted by atomic mass is 31.3. The molecule has 3 heterocycles. The van der Waals surface area contributed by atoms with Gasteiger partial charge in [0.1, 0.15) is 49.3 Å². The van der Waals surface area contributed by atoms with Gasteiger partial charge in [0.2, 0.25) is 11.7 Å². The minimum Gasteiger partial charge on any atom is -0.394 e. The second kappa shape index (κ2) is 13.4. The summed E-state index contributed by atoms with van der Waals surface area (Å²) in [6, 6.07) is -0.718. The summed E-state index contributed by atoms with van der Waals surface area (Å²) in [4.78, 5) is 56.9. The van der Waals surface area contributed by atoms with Gasteiger partial charge >= 0.3 is 21.3 Å². The number of amides is 1. The average Bonchev–Trinajstić information content (AvgIpc) is 3.18. The number of hydrogen-bond acceptors (Lipinski definition) is 16. The molecule has 2 fully saturated rings. The van der Waals surface area contributed by atoms with E-state index in [9.17, 15) is 58.8 Å². The van der Waals surface area contributed by atoms with Gasteiger partial charge in [0.15, 0.2) is 6.23 Å². The van der Waals surface area contributed by atoms with Crippen LogP contribution in [0.25, 0.3) is 0 Å². The Labute approximate surface area is 235 Å². The molecule has 0 radical (unpaired) electrons. The zero-order chi connectivity index (χ0) is 31.6. The van der Waals surface area contributed by atoms with E-state index in [2.05, 4.69) is 14.2 Å². The van der Waals surface area contributed by atoms with Crippen LogP contribution in [0.1, 0.15) is 13.2 Å². The van der Waals surface area contributed by atoms with Crippen molar-refractivity contribution in [2.75, 3.05) is 26.9 Å². The number of phosphoric ester groups is 2. The lowest BCUT2D eigenvalue weighted by Crippen LogP contribution is -2.72. The Kier molecular flexibility index (Phi) is 11.0. The number of carbonyl (C=O) groups excluding carboxylic acids is 1. The molecule has 42 heavy (non-hydrogen) atoms. The molecule has 11 atom stereocenters. The molecule has 1 amide bonds. The Bertz CT molecular complexity index is 1320. The van der Waals surface area contributed by atoms with E-state index >= 15 is 0 Å². The number of aliphatic hydroxyl groups excluding tert-OH is 5. The fourth-order valence-electron chi connectivity index (χ4n) is 4.24. The summed E-state index contributed by atoms with van der Waals surface area (Å²) in [7, 11) is -10.1. The van der Waals surface area contributed by atoms with Crippen LogP contribution in [0.2, 0.25) is 0 Å². The highest BCUT2D eigenvalue weighted by Gasteiger charge is 2.56. The molecular weight excluding hydrogens is 620 g/mol. The highest BCUT2D eigenvalue weighted by molar-refractivity contribution is 7.61. The van der Waals surface area contributed by atoms with Crippen LogP contribution in [0.4, 0.5) is 0 Å². The Balaban J connectivity index is 1.67. The predicted octanol–water partition coefficient (Wildman–Crippen LogP) is -4.63.